The van der Waals surface area contributed by atoms with E-state index in [9.17, 15) is 8.42 Å². The van der Waals surface area contributed by atoms with Gasteiger partial charge in [-0.15, -0.1) is 0 Å². The monoisotopic (exact) mass is 266 g/mol. The molecule has 1 N–H and O–H groups in total. The van der Waals surface area contributed by atoms with Gasteiger partial charge in [-0.3, -0.25) is 5.10 Å². The van der Waals surface area contributed by atoms with Gasteiger partial charge in [0.15, 0.2) is 10.7 Å². The number of hydrogen-bond donors (Lipinski definition) is 1. The van der Waals surface area contributed by atoms with Crippen LogP contribution in [0.3, 0.4) is 0 Å². The molecule has 1 saturated heterocycles. The van der Waals surface area contributed by atoms with Gasteiger partial charge >= 0.3 is 0 Å². The number of aromatic nitrogens is 3. The fourth-order valence-electron chi connectivity index (χ4n) is 2.27. The first-order chi connectivity index (χ1) is 8.59. The Hall–Kier alpha value is -1.47. The van der Waals surface area contributed by atoms with Crippen molar-refractivity contribution < 1.29 is 8.42 Å². The number of sulfonamides is 1. The van der Waals surface area contributed by atoms with Crippen LogP contribution >= 0.6 is 0 Å². The van der Waals surface area contributed by atoms with E-state index in [4.69, 9.17) is 0 Å². The summed E-state index contributed by atoms with van der Waals surface area (Å²) in [4.78, 5) is 4.03. The highest BCUT2D eigenvalue weighted by atomic mass is 32.2. The molecule has 3 heterocycles. The van der Waals surface area contributed by atoms with E-state index in [0.717, 1.165) is 6.42 Å². The summed E-state index contributed by atoms with van der Waals surface area (Å²) in [5.41, 5.74) is 0.434. The van der Waals surface area contributed by atoms with Crippen molar-refractivity contribution in [3.63, 3.8) is 0 Å². The maximum absolute atomic E-state index is 12.5. The molecule has 0 aliphatic carbocycles. The molecule has 7 heteroatoms. The zero-order valence-corrected chi connectivity index (χ0v) is 10.8. The lowest BCUT2D eigenvalue weighted by Crippen LogP contribution is -2.29. The molecule has 6 nitrogen and oxygen atoms in total. The topological polar surface area (TPSA) is 79.0 Å². The lowest BCUT2D eigenvalue weighted by molar-refractivity contribution is 0.462. The Morgan fingerprint density at radius 2 is 2.33 bits per heavy atom. The lowest BCUT2D eigenvalue weighted by atomic mass is 10.2. The van der Waals surface area contributed by atoms with Crippen molar-refractivity contribution in [1.29, 1.82) is 0 Å². The fraction of sp³-hybridized carbons (Fsp3) is 0.455. The summed E-state index contributed by atoms with van der Waals surface area (Å²) in [5, 5.41) is 7.24. The molecule has 1 atom stereocenters. The van der Waals surface area contributed by atoms with Crippen molar-refractivity contribution in [3.05, 3.63) is 18.3 Å². The first-order valence-corrected chi connectivity index (χ1v) is 7.32. The Morgan fingerprint density at radius 3 is 3.06 bits per heavy atom. The number of H-pyrrole nitrogens is 1. The zero-order chi connectivity index (χ0) is 12.8. The van der Waals surface area contributed by atoms with Crippen molar-refractivity contribution in [2.45, 2.75) is 18.4 Å². The van der Waals surface area contributed by atoms with Crippen LogP contribution in [0.25, 0.3) is 11.0 Å². The van der Waals surface area contributed by atoms with Crippen LogP contribution in [0, 0.1) is 5.92 Å². The summed E-state index contributed by atoms with van der Waals surface area (Å²) < 4.78 is 26.5. The van der Waals surface area contributed by atoms with Gasteiger partial charge < -0.3 is 0 Å². The molecule has 1 fully saturated rings. The number of nitrogens with one attached hydrogen (secondary N) is 1. The van der Waals surface area contributed by atoms with Crippen molar-refractivity contribution in [2.24, 2.45) is 5.92 Å². The van der Waals surface area contributed by atoms with Crippen LogP contribution in [0.15, 0.2) is 23.4 Å². The first-order valence-electron chi connectivity index (χ1n) is 5.88. The van der Waals surface area contributed by atoms with Crippen LogP contribution < -0.4 is 0 Å². The van der Waals surface area contributed by atoms with E-state index in [-0.39, 0.29) is 5.03 Å². The molecular weight excluding hydrogens is 252 g/mol. The lowest BCUT2D eigenvalue weighted by Gasteiger charge is -2.14. The summed E-state index contributed by atoms with van der Waals surface area (Å²) in [6.45, 7) is 3.20. The minimum absolute atomic E-state index is 0.153. The van der Waals surface area contributed by atoms with Gasteiger partial charge in [0.1, 0.15) is 0 Å². The van der Waals surface area contributed by atoms with Crippen molar-refractivity contribution in [1.82, 2.24) is 19.5 Å². The third-order valence-corrected chi connectivity index (χ3v) is 5.12. The van der Waals surface area contributed by atoms with Crippen LogP contribution in [-0.2, 0) is 10.0 Å². The molecule has 2 aromatic heterocycles. The minimum Gasteiger partial charge on any atom is -0.263 e. The molecule has 0 saturated carbocycles. The number of rotatable bonds is 2. The molecule has 0 aromatic carbocycles. The number of nitrogens with zero attached hydrogens (tertiary/aromatic N) is 3. The summed E-state index contributed by atoms with van der Waals surface area (Å²) in [5.74, 6) is 0.409. The summed E-state index contributed by atoms with van der Waals surface area (Å²) in [7, 11) is -3.48. The highest BCUT2D eigenvalue weighted by molar-refractivity contribution is 7.89. The summed E-state index contributed by atoms with van der Waals surface area (Å²) in [6, 6.07) is 3.43. The van der Waals surface area contributed by atoms with Crippen molar-refractivity contribution in [2.75, 3.05) is 13.1 Å². The Labute approximate surface area is 105 Å². The Bertz CT molecular complexity index is 679. The zero-order valence-electron chi connectivity index (χ0n) is 10.00. The molecule has 1 aliphatic rings. The Morgan fingerprint density at radius 1 is 1.50 bits per heavy atom. The van der Waals surface area contributed by atoms with Gasteiger partial charge in [0.05, 0.1) is 5.39 Å². The van der Waals surface area contributed by atoms with Gasteiger partial charge in [0.25, 0.3) is 10.0 Å². The van der Waals surface area contributed by atoms with Gasteiger partial charge in [-0.1, -0.05) is 6.92 Å². The molecule has 0 bridgehead atoms. The van der Waals surface area contributed by atoms with Gasteiger partial charge in [-0.2, -0.15) is 9.40 Å². The molecule has 2 aromatic rings. The fourth-order valence-corrected chi connectivity index (χ4v) is 3.92. The average molecular weight is 266 g/mol. The first kappa shape index (κ1) is 11.6. The molecule has 0 spiro atoms. The van der Waals surface area contributed by atoms with Crippen LogP contribution in [0.1, 0.15) is 13.3 Å². The number of hydrogen-bond acceptors (Lipinski definition) is 4. The van der Waals surface area contributed by atoms with Crippen molar-refractivity contribution >= 4 is 21.1 Å². The van der Waals surface area contributed by atoms with Crippen LogP contribution in [-0.4, -0.2) is 41.0 Å². The largest absolute Gasteiger partial charge is 0.263 e. The van der Waals surface area contributed by atoms with E-state index in [0.29, 0.717) is 30.0 Å². The highest BCUT2D eigenvalue weighted by Crippen LogP contribution is 2.26. The predicted octanol–water partition coefficient (Wildman–Crippen LogP) is 0.988. The normalized spacial score (nSPS) is 21.7. The molecule has 0 radical (unpaired) electrons. The van der Waals surface area contributed by atoms with Crippen LogP contribution in [0.5, 0.6) is 0 Å². The van der Waals surface area contributed by atoms with E-state index in [1.807, 2.05) is 0 Å². The second-order valence-electron chi connectivity index (χ2n) is 4.68. The van der Waals surface area contributed by atoms with E-state index in [1.165, 1.54) is 4.31 Å². The molecular formula is C11H14N4O2S. The van der Waals surface area contributed by atoms with Gasteiger partial charge in [-0.25, -0.2) is 13.4 Å². The number of fused-ring (bicyclic) bond motifs is 1. The summed E-state index contributed by atoms with van der Waals surface area (Å²) in [6.07, 6.45) is 2.50. The number of aromatic amines is 1. The maximum atomic E-state index is 12.5. The highest BCUT2D eigenvalue weighted by Gasteiger charge is 2.33. The molecule has 18 heavy (non-hydrogen) atoms. The molecule has 1 aliphatic heterocycles. The summed E-state index contributed by atoms with van der Waals surface area (Å²) >= 11 is 0. The van der Waals surface area contributed by atoms with Crippen LogP contribution in [0.4, 0.5) is 0 Å². The number of pyridine rings is 1. The quantitative estimate of drug-likeness (QED) is 0.879. The molecule has 0 amide bonds. The second kappa shape index (κ2) is 4.03. The van der Waals surface area contributed by atoms with E-state index < -0.39 is 10.0 Å². The molecule has 3 rings (SSSR count). The smallest absolute Gasteiger partial charge is 0.260 e. The minimum atomic E-state index is -3.48. The van der Waals surface area contributed by atoms with E-state index >= 15 is 0 Å². The Kier molecular flexibility index (Phi) is 2.60. The van der Waals surface area contributed by atoms with Gasteiger partial charge in [-0.05, 0) is 24.5 Å². The van der Waals surface area contributed by atoms with E-state index in [2.05, 4.69) is 22.1 Å². The van der Waals surface area contributed by atoms with Gasteiger partial charge in [0.2, 0.25) is 0 Å². The molecule has 1 unspecified atom stereocenters. The third-order valence-electron chi connectivity index (χ3n) is 3.28. The van der Waals surface area contributed by atoms with Gasteiger partial charge in [0, 0.05) is 19.3 Å². The standard InChI is InChI=1S/C11H14N4O2S/c1-8-4-6-15(7-8)18(16,17)11-9-3-2-5-12-10(9)13-14-11/h2-3,5,8H,4,6-7H2,1H3,(H,12,13,14). The Balaban J connectivity index is 2.08. The average Bonchev–Trinajstić information content (AvgIpc) is 2.95. The maximum Gasteiger partial charge on any atom is 0.260 e. The SMILES string of the molecule is CC1CCN(S(=O)(=O)c2[nH]nc3ncccc23)C1. The third kappa shape index (κ3) is 1.70. The van der Waals surface area contributed by atoms with E-state index in [1.54, 1.807) is 18.3 Å². The van der Waals surface area contributed by atoms with Crippen molar-refractivity contribution in [3.8, 4) is 0 Å². The second-order valence-corrected chi connectivity index (χ2v) is 6.56. The molecule has 96 valence electrons. The van der Waals surface area contributed by atoms with Crippen LogP contribution in [0.2, 0.25) is 0 Å². The predicted molar refractivity (Wildman–Crippen MR) is 66.4 cm³/mol.